The fourth-order valence-corrected chi connectivity index (χ4v) is 2.57. The molecule has 112 valence electrons. The molecule has 1 N–H and O–H groups in total. The summed E-state index contributed by atoms with van der Waals surface area (Å²) >= 11 is 8.38. The van der Waals surface area contributed by atoms with Crippen LogP contribution in [0.4, 0.5) is 0 Å². The third-order valence-electron chi connectivity index (χ3n) is 2.95. The SMILES string of the molecule is CC(C)CNCc1ccc(Cl)cc1Oc1ccccc1I. The van der Waals surface area contributed by atoms with E-state index in [2.05, 4.69) is 41.8 Å². The van der Waals surface area contributed by atoms with Crippen molar-refractivity contribution < 1.29 is 4.74 Å². The average molecular weight is 416 g/mol. The summed E-state index contributed by atoms with van der Waals surface area (Å²) in [6, 6.07) is 13.7. The molecule has 0 saturated carbocycles. The maximum absolute atomic E-state index is 6.11. The molecule has 0 aliphatic heterocycles. The summed E-state index contributed by atoms with van der Waals surface area (Å²) in [5.74, 6) is 2.28. The molecule has 0 amide bonds. The van der Waals surface area contributed by atoms with E-state index in [9.17, 15) is 0 Å². The van der Waals surface area contributed by atoms with Crippen LogP contribution in [0, 0.1) is 9.49 Å². The fourth-order valence-electron chi connectivity index (χ4n) is 1.91. The van der Waals surface area contributed by atoms with Gasteiger partial charge in [-0.2, -0.15) is 0 Å². The molecule has 0 spiro atoms. The first kappa shape index (κ1) is 16.6. The highest BCUT2D eigenvalue weighted by Gasteiger charge is 2.08. The second-order valence-electron chi connectivity index (χ2n) is 5.31. The van der Waals surface area contributed by atoms with Crippen molar-refractivity contribution in [1.82, 2.24) is 5.32 Å². The van der Waals surface area contributed by atoms with Crippen LogP contribution in [0.25, 0.3) is 0 Å². The summed E-state index contributed by atoms with van der Waals surface area (Å²) in [6.45, 7) is 6.14. The van der Waals surface area contributed by atoms with Gasteiger partial charge in [0.2, 0.25) is 0 Å². The minimum absolute atomic E-state index is 0.622. The minimum Gasteiger partial charge on any atom is -0.456 e. The molecule has 0 heterocycles. The van der Waals surface area contributed by atoms with Crippen molar-refractivity contribution in [2.75, 3.05) is 6.54 Å². The summed E-state index contributed by atoms with van der Waals surface area (Å²) in [5.41, 5.74) is 1.11. The molecule has 2 aromatic carbocycles. The van der Waals surface area contributed by atoms with Gasteiger partial charge in [-0.1, -0.05) is 43.6 Å². The van der Waals surface area contributed by atoms with Crippen molar-refractivity contribution >= 4 is 34.2 Å². The van der Waals surface area contributed by atoms with Crippen LogP contribution in [0.1, 0.15) is 19.4 Å². The monoisotopic (exact) mass is 415 g/mol. The van der Waals surface area contributed by atoms with Crippen LogP contribution in [0.3, 0.4) is 0 Å². The van der Waals surface area contributed by atoms with E-state index >= 15 is 0 Å². The lowest BCUT2D eigenvalue weighted by Crippen LogP contribution is -2.19. The van der Waals surface area contributed by atoms with Gasteiger partial charge in [0, 0.05) is 17.1 Å². The number of nitrogens with one attached hydrogen (secondary N) is 1. The third-order valence-corrected chi connectivity index (χ3v) is 4.08. The molecule has 0 unspecified atom stereocenters. The van der Waals surface area contributed by atoms with Crippen molar-refractivity contribution in [3.63, 3.8) is 0 Å². The molecule has 0 saturated heterocycles. The van der Waals surface area contributed by atoms with Gasteiger partial charge in [-0.3, -0.25) is 0 Å². The largest absolute Gasteiger partial charge is 0.456 e. The summed E-state index contributed by atoms with van der Waals surface area (Å²) in [5, 5.41) is 4.12. The normalized spacial score (nSPS) is 10.9. The van der Waals surface area contributed by atoms with Gasteiger partial charge in [0.25, 0.3) is 0 Å². The predicted octanol–water partition coefficient (Wildman–Crippen LogP) is 5.48. The summed E-state index contributed by atoms with van der Waals surface area (Å²) in [6.07, 6.45) is 0. The molecule has 0 radical (unpaired) electrons. The predicted molar refractivity (Wildman–Crippen MR) is 97.2 cm³/mol. The maximum Gasteiger partial charge on any atom is 0.140 e. The van der Waals surface area contributed by atoms with Gasteiger partial charge in [-0.25, -0.2) is 0 Å². The van der Waals surface area contributed by atoms with Crippen molar-refractivity contribution in [3.05, 3.63) is 56.6 Å². The molecule has 4 heteroatoms. The topological polar surface area (TPSA) is 21.3 Å². The quantitative estimate of drug-likeness (QED) is 0.631. The Labute approximate surface area is 145 Å². The zero-order chi connectivity index (χ0) is 15.2. The van der Waals surface area contributed by atoms with E-state index < -0.39 is 0 Å². The van der Waals surface area contributed by atoms with Crippen molar-refractivity contribution in [1.29, 1.82) is 0 Å². The molecule has 0 atom stereocenters. The Hall–Kier alpha value is -0.780. The van der Waals surface area contributed by atoms with E-state index in [0.717, 1.165) is 33.7 Å². The average Bonchev–Trinajstić information content (AvgIpc) is 2.43. The van der Waals surface area contributed by atoms with E-state index in [1.165, 1.54) is 0 Å². The summed E-state index contributed by atoms with van der Waals surface area (Å²) in [4.78, 5) is 0. The van der Waals surface area contributed by atoms with Gasteiger partial charge in [0.05, 0.1) is 3.57 Å². The van der Waals surface area contributed by atoms with Gasteiger partial charge in [0.15, 0.2) is 0 Å². The molecular formula is C17H19ClINO. The van der Waals surface area contributed by atoms with Gasteiger partial charge in [-0.05, 0) is 59.3 Å². The van der Waals surface area contributed by atoms with Crippen LogP contribution in [-0.4, -0.2) is 6.54 Å². The highest BCUT2D eigenvalue weighted by Crippen LogP contribution is 2.31. The molecule has 0 fully saturated rings. The molecule has 2 nitrogen and oxygen atoms in total. The Bertz CT molecular complexity index is 601. The third kappa shape index (κ3) is 5.16. The van der Waals surface area contributed by atoms with Crippen LogP contribution in [0.15, 0.2) is 42.5 Å². The molecule has 0 aromatic heterocycles. The molecular weight excluding hydrogens is 397 g/mol. The number of rotatable bonds is 6. The molecule has 2 aromatic rings. The Morgan fingerprint density at radius 2 is 1.90 bits per heavy atom. The zero-order valence-corrected chi connectivity index (χ0v) is 15.1. The number of para-hydroxylation sites is 1. The van der Waals surface area contributed by atoms with Crippen molar-refractivity contribution in [2.45, 2.75) is 20.4 Å². The highest BCUT2D eigenvalue weighted by atomic mass is 127. The first-order valence-corrected chi connectivity index (χ1v) is 8.43. The van der Waals surface area contributed by atoms with Crippen LogP contribution in [-0.2, 0) is 6.54 Å². The number of hydrogen-bond acceptors (Lipinski definition) is 2. The number of benzene rings is 2. The fraction of sp³-hybridized carbons (Fsp3) is 0.294. The number of hydrogen-bond donors (Lipinski definition) is 1. The van der Waals surface area contributed by atoms with E-state index in [-0.39, 0.29) is 0 Å². The van der Waals surface area contributed by atoms with Gasteiger partial charge >= 0.3 is 0 Å². The number of halogens is 2. The maximum atomic E-state index is 6.11. The Kier molecular flexibility index (Phi) is 6.33. The standard InChI is InChI=1S/C17H19ClINO/c1-12(2)10-20-11-13-7-8-14(18)9-17(13)21-16-6-4-3-5-15(16)19/h3-9,12,20H,10-11H2,1-2H3. The lowest BCUT2D eigenvalue weighted by Gasteiger charge is -2.14. The van der Waals surface area contributed by atoms with Crippen molar-refractivity contribution in [2.24, 2.45) is 5.92 Å². The molecule has 21 heavy (non-hydrogen) atoms. The van der Waals surface area contributed by atoms with Crippen LogP contribution >= 0.6 is 34.2 Å². The number of ether oxygens (including phenoxy) is 1. The van der Waals surface area contributed by atoms with Gasteiger partial charge in [0.1, 0.15) is 11.5 Å². The summed E-state index contributed by atoms with van der Waals surface area (Å²) < 4.78 is 7.13. The summed E-state index contributed by atoms with van der Waals surface area (Å²) in [7, 11) is 0. The zero-order valence-electron chi connectivity index (χ0n) is 12.2. The second-order valence-corrected chi connectivity index (χ2v) is 6.91. The van der Waals surface area contributed by atoms with Gasteiger partial charge in [-0.15, -0.1) is 0 Å². The van der Waals surface area contributed by atoms with E-state index in [4.69, 9.17) is 16.3 Å². The highest BCUT2D eigenvalue weighted by molar-refractivity contribution is 14.1. The van der Waals surface area contributed by atoms with E-state index in [0.29, 0.717) is 10.9 Å². The lowest BCUT2D eigenvalue weighted by molar-refractivity contribution is 0.466. The Balaban J connectivity index is 2.17. The molecule has 0 aliphatic rings. The van der Waals surface area contributed by atoms with Crippen molar-refractivity contribution in [3.8, 4) is 11.5 Å². The second kappa shape index (κ2) is 8.01. The van der Waals surface area contributed by atoms with Crippen LogP contribution in [0.2, 0.25) is 5.02 Å². The van der Waals surface area contributed by atoms with E-state index in [1.54, 1.807) is 0 Å². The Morgan fingerprint density at radius 3 is 2.62 bits per heavy atom. The molecule has 0 bridgehead atoms. The lowest BCUT2D eigenvalue weighted by atomic mass is 10.1. The first-order valence-electron chi connectivity index (χ1n) is 6.98. The minimum atomic E-state index is 0.622. The van der Waals surface area contributed by atoms with Crippen LogP contribution < -0.4 is 10.1 Å². The molecule has 0 aliphatic carbocycles. The smallest absolute Gasteiger partial charge is 0.140 e. The molecule has 2 rings (SSSR count). The first-order chi connectivity index (χ1) is 10.1. The van der Waals surface area contributed by atoms with Gasteiger partial charge < -0.3 is 10.1 Å². The Morgan fingerprint density at radius 1 is 1.14 bits per heavy atom. The van der Waals surface area contributed by atoms with E-state index in [1.807, 2.05) is 42.5 Å². The van der Waals surface area contributed by atoms with Crippen LogP contribution in [0.5, 0.6) is 11.5 Å².